The van der Waals surface area contributed by atoms with E-state index < -0.39 is 0 Å². The lowest BCUT2D eigenvalue weighted by Crippen LogP contribution is -2.38. The molecule has 2 rings (SSSR count). The van der Waals surface area contributed by atoms with E-state index in [2.05, 4.69) is 41.0 Å². The molecule has 0 aromatic carbocycles. The Morgan fingerprint density at radius 1 is 1.20 bits per heavy atom. The van der Waals surface area contributed by atoms with E-state index in [9.17, 15) is 0 Å². The molecule has 1 unspecified atom stereocenters. The summed E-state index contributed by atoms with van der Waals surface area (Å²) >= 11 is 0. The number of aromatic nitrogens is 2. The van der Waals surface area contributed by atoms with Crippen LogP contribution < -0.4 is 11.1 Å². The Bertz CT molecular complexity index is 426. The molecule has 1 aliphatic rings. The van der Waals surface area contributed by atoms with Crippen LogP contribution in [0.3, 0.4) is 0 Å². The van der Waals surface area contributed by atoms with Gasteiger partial charge in [0.25, 0.3) is 0 Å². The average Bonchev–Trinajstić information content (AvgIpc) is 2.39. The van der Waals surface area contributed by atoms with E-state index in [0.717, 1.165) is 17.9 Å². The van der Waals surface area contributed by atoms with Crippen molar-refractivity contribution in [1.29, 1.82) is 0 Å². The third kappa shape index (κ3) is 3.82. The smallest absolute Gasteiger partial charge is 0.135 e. The maximum absolute atomic E-state index is 5.98. The number of nitrogens with zero attached hydrogens (tertiary/aromatic N) is 3. The summed E-state index contributed by atoms with van der Waals surface area (Å²) in [5.41, 5.74) is 7.01. The predicted octanol–water partition coefficient (Wildman–Crippen LogP) is 2.47. The minimum Gasteiger partial charge on any atom is -0.383 e. The van der Waals surface area contributed by atoms with Crippen molar-refractivity contribution in [1.82, 2.24) is 14.9 Å². The number of piperidine rings is 1. The predicted molar refractivity (Wildman–Crippen MR) is 83.9 cm³/mol. The lowest BCUT2D eigenvalue weighted by Gasteiger charge is -2.30. The van der Waals surface area contributed by atoms with Gasteiger partial charge in [0.1, 0.15) is 18.0 Å². The minimum absolute atomic E-state index is 0.320. The highest BCUT2D eigenvalue weighted by atomic mass is 15.2. The van der Waals surface area contributed by atoms with Crippen molar-refractivity contribution in [3.63, 3.8) is 0 Å². The second-order valence-electron chi connectivity index (χ2n) is 6.08. The average molecular weight is 277 g/mol. The van der Waals surface area contributed by atoms with Crippen molar-refractivity contribution in [2.24, 2.45) is 0 Å². The fourth-order valence-electron chi connectivity index (χ4n) is 2.90. The van der Waals surface area contributed by atoms with Gasteiger partial charge in [0, 0.05) is 18.2 Å². The Morgan fingerprint density at radius 2 is 1.90 bits per heavy atom. The number of rotatable bonds is 5. The van der Waals surface area contributed by atoms with E-state index in [4.69, 9.17) is 5.73 Å². The van der Waals surface area contributed by atoms with E-state index in [-0.39, 0.29) is 0 Å². The van der Waals surface area contributed by atoms with Crippen LogP contribution in [0.4, 0.5) is 11.6 Å². The Morgan fingerprint density at radius 3 is 2.55 bits per heavy atom. The highest BCUT2D eigenvalue weighted by Crippen LogP contribution is 2.26. The number of nitrogens with two attached hydrogens (primary N) is 1. The van der Waals surface area contributed by atoms with Gasteiger partial charge in [-0.15, -0.1) is 0 Å². The quantitative estimate of drug-likeness (QED) is 0.865. The normalized spacial score (nSPS) is 18.2. The highest BCUT2D eigenvalue weighted by Gasteiger charge is 2.17. The molecule has 0 aliphatic carbocycles. The van der Waals surface area contributed by atoms with Gasteiger partial charge in [0.2, 0.25) is 0 Å². The van der Waals surface area contributed by atoms with E-state index in [1.54, 1.807) is 0 Å². The monoisotopic (exact) mass is 277 g/mol. The van der Waals surface area contributed by atoms with Crippen LogP contribution in [0, 0.1) is 0 Å². The molecule has 20 heavy (non-hydrogen) atoms. The van der Waals surface area contributed by atoms with Crippen LogP contribution in [0.1, 0.15) is 51.5 Å². The largest absolute Gasteiger partial charge is 0.383 e. The molecular formula is C15H27N5. The van der Waals surface area contributed by atoms with Crippen molar-refractivity contribution < 1.29 is 0 Å². The van der Waals surface area contributed by atoms with Crippen molar-refractivity contribution in [2.45, 2.75) is 52.0 Å². The molecule has 3 N–H and O–H groups in total. The summed E-state index contributed by atoms with van der Waals surface area (Å²) in [5.74, 6) is 1.79. The summed E-state index contributed by atoms with van der Waals surface area (Å²) < 4.78 is 0. The van der Waals surface area contributed by atoms with Gasteiger partial charge in [0.05, 0.1) is 0 Å². The maximum atomic E-state index is 5.98. The van der Waals surface area contributed by atoms with Gasteiger partial charge in [-0.2, -0.15) is 0 Å². The molecule has 0 radical (unpaired) electrons. The first-order valence-corrected chi connectivity index (χ1v) is 7.67. The Labute approximate surface area is 122 Å². The molecular weight excluding hydrogens is 250 g/mol. The minimum atomic E-state index is 0.320. The molecule has 1 aromatic rings. The van der Waals surface area contributed by atoms with Gasteiger partial charge in [-0.05, 0) is 38.8 Å². The number of likely N-dealkylation sites (tertiary alicyclic amines) is 1. The molecule has 0 amide bonds. The third-order valence-electron chi connectivity index (χ3n) is 3.86. The molecule has 5 heteroatoms. The van der Waals surface area contributed by atoms with Gasteiger partial charge in [0.15, 0.2) is 0 Å². The van der Waals surface area contributed by atoms with Crippen molar-refractivity contribution in [3.8, 4) is 0 Å². The van der Waals surface area contributed by atoms with Gasteiger partial charge >= 0.3 is 0 Å². The molecule has 1 fully saturated rings. The topological polar surface area (TPSA) is 67.1 Å². The second kappa shape index (κ2) is 6.88. The number of nitrogen functional groups attached to an aromatic ring is 1. The van der Waals surface area contributed by atoms with Crippen molar-refractivity contribution in [3.05, 3.63) is 11.9 Å². The van der Waals surface area contributed by atoms with Crippen LogP contribution in [0.2, 0.25) is 0 Å². The summed E-state index contributed by atoms with van der Waals surface area (Å²) in [6, 6.07) is 0.361. The van der Waals surface area contributed by atoms with Crippen LogP contribution in [0.5, 0.6) is 0 Å². The zero-order chi connectivity index (χ0) is 14.5. The lowest BCUT2D eigenvalue weighted by atomic mass is 10.0. The summed E-state index contributed by atoms with van der Waals surface area (Å²) in [6.45, 7) is 9.94. The zero-order valence-electron chi connectivity index (χ0n) is 12.9. The molecule has 2 heterocycles. The molecule has 0 bridgehead atoms. The van der Waals surface area contributed by atoms with Crippen LogP contribution >= 0.6 is 0 Å². The molecule has 112 valence electrons. The first-order chi connectivity index (χ1) is 9.58. The molecule has 1 aliphatic heterocycles. The number of hydrogen-bond donors (Lipinski definition) is 2. The lowest BCUT2D eigenvalue weighted by molar-refractivity contribution is 0.223. The molecule has 1 saturated heterocycles. The molecule has 1 atom stereocenters. The maximum Gasteiger partial charge on any atom is 0.135 e. The van der Waals surface area contributed by atoms with E-state index >= 15 is 0 Å². The number of hydrogen-bond acceptors (Lipinski definition) is 5. The highest BCUT2D eigenvalue weighted by molar-refractivity contribution is 5.56. The molecule has 1 aromatic heterocycles. The van der Waals surface area contributed by atoms with Crippen LogP contribution in [0.15, 0.2) is 6.33 Å². The fourth-order valence-corrected chi connectivity index (χ4v) is 2.90. The second-order valence-corrected chi connectivity index (χ2v) is 6.08. The van der Waals surface area contributed by atoms with Crippen LogP contribution in [0.25, 0.3) is 0 Å². The van der Waals surface area contributed by atoms with Gasteiger partial charge < -0.3 is 16.0 Å². The zero-order valence-corrected chi connectivity index (χ0v) is 12.9. The van der Waals surface area contributed by atoms with Gasteiger partial charge in [-0.25, -0.2) is 9.97 Å². The third-order valence-corrected chi connectivity index (χ3v) is 3.86. The van der Waals surface area contributed by atoms with Crippen LogP contribution in [-0.2, 0) is 0 Å². The van der Waals surface area contributed by atoms with Crippen molar-refractivity contribution >= 4 is 11.6 Å². The molecule has 0 saturated carbocycles. The first-order valence-electron chi connectivity index (χ1n) is 7.67. The summed E-state index contributed by atoms with van der Waals surface area (Å²) in [7, 11) is 0. The van der Waals surface area contributed by atoms with Gasteiger partial charge in [-0.3, -0.25) is 0 Å². The van der Waals surface area contributed by atoms with Crippen molar-refractivity contribution in [2.75, 3.05) is 30.7 Å². The Kier molecular flexibility index (Phi) is 5.17. The standard InChI is InChI=1S/C15H27N5/c1-11(2)13-14(16)17-10-18-15(13)19-12(3)9-20-7-5-4-6-8-20/h10-12H,4-9H2,1-3H3,(H3,16,17,18,19). The first kappa shape index (κ1) is 15.0. The van der Waals surface area contributed by atoms with E-state index in [0.29, 0.717) is 17.8 Å². The molecule has 5 nitrogen and oxygen atoms in total. The fraction of sp³-hybridized carbons (Fsp3) is 0.733. The summed E-state index contributed by atoms with van der Waals surface area (Å²) in [6.07, 6.45) is 5.56. The number of anilines is 2. The van der Waals surface area contributed by atoms with Crippen LogP contribution in [-0.4, -0.2) is 40.5 Å². The van der Waals surface area contributed by atoms with E-state index in [1.807, 2.05) is 0 Å². The Balaban J connectivity index is 2.00. The van der Waals surface area contributed by atoms with Gasteiger partial charge in [-0.1, -0.05) is 20.3 Å². The Hall–Kier alpha value is -1.36. The SMILES string of the molecule is CC(CN1CCCCC1)Nc1ncnc(N)c1C(C)C. The van der Waals surface area contributed by atoms with E-state index in [1.165, 1.54) is 38.7 Å². The number of nitrogens with one attached hydrogen (secondary N) is 1. The summed E-state index contributed by atoms with van der Waals surface area (Å²) in [5, 5.41) is 3.51. The summed E-state index contributed by atoms with van der Waals surface area (Å²) in [4.78, 5) is 11.0. The molecule has 0 spiro atoms.